The van der Waals surface area contributed by atoms with Crippen LogP contribution in [0.15, 0.2) is 47.1 Å². The quantitative estimate of drug-likeness (QED) is 0.539. The highest BCUT2D eigenvalue weighted by atomic mass is 19.1. The monoisotopic (exact) mass is 417 g/mol. The van der Waals surface area contributed by atoms with Crippen molar-refractivity contribution in [3.63, 3.8) is 0 Å². The zero-order valence-corrected chi connectivity index (χ0v) is 16.3. The van der Waals surface area contributed by atoms with Gasteiger partial charge in [0.2, 0.25) is 0 Å². The summed E-state index contributed by atoms with van der Waals surface area (Å²) in [5.41, 5.74) is 2.80. The fraction of sp³-hybridized carbons (Fsp3) is 0.200. The number of amides is 1. The van der Waals surface area contributed by atoms with Gasteiger partial charge >= 0.3 is 11.9 Å². The lowest BCUT2D eigenvalue weighted by Crippen LogP contribution is -2.15. The van der Waals surface area contributed by atoms with Crippen molar-refractivity contribution in [2.75, 3.05) is 26.0 Å². The number of pyridine rings is 1. The van der Waals surface area contributed by atoms with Crippen LogP contribution in [0.3, 0.4) is 0 Å². The Balaban J connectivity index is 0.000000469. The molecule has 0 fully saturated rings. The Morgan fingerprint density at radius 1 is 1.07 bits per heavy atom. The third-order valence-corrected chi connectivity index (χ3v) is 3.85. The molecule has 30 heavy (non-hydrogen) atoms. The van der Waals surface area contributed by atoms with Crippen molar-refractivity contribution < 1.29 is 33.4 Å². The first-order chi connectivity index (χ1) is 14.2. The number of hydrogen-bond acceptors (Lipinski definition) is 6. The number of nitrogens with zero attached hydrogens (tertiary/aromatic N) is 2. The van der Waals surface area contributed by atoms with Gasteiger partial charge in [-0.25, -0.2) is 19.0 Å². The van der Waals surface area contributed by atoms with Crippen molar-refractivity contribution in [3.05, 3.63) is 59.6 Å². The summed E-state index contributed by atoms with van der Waals surface area (Å²) < 4.78 is 18.4. The largest absolute Gasteiger partial charge is 0.473 e. The van der Waals surface area contributed by atoms with Crippen LogP contribution in [0.5, 0.6) is 0 Å². The standard InChI is InChI=1S/C18H18FN3O2.C2H2O4/c1-22(2)10-9-13-11-24-15-7-8-16(20-17(13)15)21-18(23)12-3-5-14(19)6-4-12;3-1(4)2(5)6/h3-8,11H,9-10H2,1-2H3,(H,20,21,23);(H,3,4)(H,5,6). The van der Waals surface area contributed by atoms with Crippen molar-refractivity contribution in [2.24, 2.45) is 0 Å². The Labute approximate surface area is 170 Å². The highest BCUT2D eigenvalue weighted by Gasteiger charge is 2.11. The number of aliphatic carboxylic acids is 2. The number of carboxylic acids is 2. The molecule has 0 aliphatic carbocycles. The van der Waals surface area contributed by atoms with E-state index in [0.717, 1.165) is 24.0 Å². The molecule has 0 aliphatic heterocycles. The van der Waals surface area contributed by atoms with E-state index in [1.54, 1.807) is 18.4 Å². The topological polar surface area (TPSA) is 133 Å². The van der Waals surface area contributed by atoms with Gasteiger partial charge in [0, 0.05) is 17.7 Å². The zero-order chi connectivity index (χ0) is 22.3. The number of halogens is 1. The van der Waals surface area contributed by atoms with E-state index in [1.807, 2.05) is 14.1 Å². The Kier molecular flexibility index (Phi) is 7.59. The van der Waals surface area contributed by atoms with E-state index in [4.69, 9.17) is 24.2 Å². The van der Waals surface area contributed by atoms with Gasteiger partial charge in [0.15, 0.2) is 5.58 Å². The number of aromatic nitrogens is 1. The fourth-order valence-corrected chi connectivity index (χ4v) is 2.34. The van der Waals surface area contributed by atoms with Gasteiger partial charge in [-0.15, -0.1) is 0 Å². The van der Waals surface area contributed by atoms with E-state index in [1.165, 1.54) is 24.3 Å². The maximum absolute atomic E-state index is 12.9. The van der Waals surface area contributed by atoms with Crippen LogP contribution in [0.4, 0.5) is 10.2 Å². The molecule has 1 aromatic carbocycles. The first kappa shape index (κ1) is 22.5. The summed E-state index contributed by atoms with van der Waals surface area (Å²) in [6, 6.07) is 8.83. The minimum atomic E-state index is -1.82. The van der Waals surface area contributed by atoms with Gasteiger partial charge in [-0.1, -0.05) is 0 Å². The summed E-state index contributed by atoms with van der Waals surface area (Å²) in [4.78, 5) is 37.0. The maximum Gasteiger partial charge on any atom is 0.414 e. The third-order valence-electron chi connectivity index (χ3n) is 3.85. The van der Waals surface area contributed by atoms with E-state index < -0.39 is 11.9 Å². The van der Waals surface area contributed by atoms with E-state index in [0.29, 0.717) is 17.0 Å². The highest BCUT2D eigenvalue weighted by molar-refractivity contribution is 6.27. The second-order valence-electron chi connectivity index (χ2n) is 6.43. The van der Waals surface area contributed by atoms with Crippen LogP contribution in [0.25, 0.3) is 11.1 Å². The molecule has 3 rings (SSSR count). The second-order valence-corrected chi connectivity index (χ2v) is 6.43. The van der Waals surface area contributed by atoms with Gasteiger partial charge in [-0.3, -0.25) is 4.79 Å². The number of fused-ring (bicyclic) bond motifs is 1. The Bertz CT molecular complexity index is 1030. The molecule has 3 N–H and O–H groups in total. The zero-order valence-electron chi connectivity index (χ0n) is 16.3. The van der Waals surface area contributed by atoms with Crippen LogP contribution in [0.2, 0.25) is 0 Å². The van der Waals surface area contributed by atoms with E-state index in [2.05, 4.69) is 15.2 Å². The number of anilines is 1. The summed E-state index contributed by atoms with van der Waals surface area (Å²) in [6.45, 7) is 0.877. The predicted molar refractivity (Wildman–Crippen MR) is 106 cm³/mol. The molecule has 0 saturated carbocycles. The molecule has 2 heterocycles. The number of furan rings is 1. The summed E-state index contributed by atoms with van der Waals surface area (Å²) in [5, 5.41) is 17.5. The average molecular weight is 417 g/mol. The minimum Gasteiger partial charge on any atom is -0.473 e. The molecule has 1 amide bonds. The molecule has 0 bridgehead atoms. The van der Waals surface area contributed by atoms with Gasteiger partial charge in [-0.2, -0.15) is 0 Å². The van der Waals surface area contributed by atoms with Crippen LogP contribution in [-0.2, 0) is 16.0 Å². The first-order valence-corrected chi connectivity index (χ1v) is 8.72. The number of carboxylic acid groups (broad SMARTS) is 2. The Hall–Kier alpha value is -3.79. The van der Waals surface area contributed by atoms with E-state index >= 15 is 0 Å². The normalized spacial score (nSPS) is 10.4. The van der Waals surface area contributed by atoms with Gasteiger partial charge in [0.1, 0.15) is 17.2 Å². The molecule has 0 saturated heterocycles. The summed E-state index contributed by atoms with van der Waals surface area (Å²) in [5.74, 6) is -3.93. The molecular weight excluding hydrogens is 397 g/mol. The number of benzene rings is 1. The lowest BCUT2D eigenvalue weighted by molar-refractivity contribution is -0.159. The van der Waals surface area contributed by atoms with Crippen LogP contribution >= 0.6 is 0 Å². The molecule has 0 aliphatic rings. The van der Waals surface area contributed by atoms with E-state index in [9.17, 15) is 9.18 Å². The number of carbonyl (C=O) groups excluding carboxylic acids is 1. The van der Waals surface area contributed by atoms with Gasteiger partial charge < -0.3 is 24.8 Å². The molecule has 0 radical (unpaired) electrons. The molecular formula is C20H20FN3O6. The van der Waals surface area contributed by atoms with Gasteiger partial charge in [0.05, 0.1) is 6.26 Å². The lowest BCUT2D eigenvalue weighted by atomic mass is 10.2. The molecule has 0 unspecified atom stereocenters. The summed E-state index contributed by atoms with van der Waals surface area (Å²) in [7, 11) is 4.01. The maximum atomic E-state index is 12.9. The average Bonchev–Trinajstić information content (AvgIpc) is 3.09. The molecule has 10 heteroatoms. The molecule has 2 aromatic heterocycles. The van der Waals surface area contributed by atoms with Gasteiger partial charge in [-0.05, 0) is 56.9 Å². The SMILES string of the molecule is CN(C)CCc1coc2ccc(NC(=O)c3ccc(F)cc3)nc12.O=C(O)C(=O)O. The minimum absolute atomic E-state index is 0.333. The van der Waals surface area contributed by atoms with Crippen LogP contribution in [0.1, 0.15) is 15.9 Å². The molecule has 0 atom stereocenters. The number of likely N-dealkylation sites (N-methyl/N-ethyl adjacent to an activating group) is 1. The third kappa shape index (κ3) is 6.38. The molecule has 0 spiro atoms. The number of carbonyl (C=O) groups is 3. The van der Waals surface area contributed by atoms with E-state index in [-0.39, 0.29) is 11.7 Å². The van der Waals surface area contributed by atoms with Crippen molar-refractivity contribution in [3.8, 4) is 0 Å². The Morgan fingerprint density at radius 3 is 2.27 bits per heavy atom. The predicted octanol–water partition coefficient (Wildman–Crippen LogP) is 2.48. The van der Waals surface area contributed by atoms with Crippen molar-refractivity contribution in [1.29, 1.82) is 0 Å². The van der Waals surface area contributed by atoms with Gasteiger partial charge in [0.25, 0.3) is 5.91 Å². The molecule has 9 nitrogen and oxygen atoms in total. The summed E-state index contributed by atoms with van der Waals surface area (Å²) in [6.07, 6.45) is 2.51. The molecule has 3 aromatic rings. The van der Waals surface area contributed by atoms with Crippen molar-refractivity contribution in [1.82, 2.24) is 9.88 Å². The number of rotatable bonds is 5. The van der Waals surface area contributed by atoms with Crippen molar-refractivity contribution >= 4 is 34.8 Å². The van der Waals surface area contributed by atoms with Crippen LogP contribution < -0.4 is 5.32 Å². The van der Waals surface area contributed by atoms with Crippen LogP contribution in [-0.4, -0.2) is 58.6 Å². The fourth-order valence-electron chi connectivity index (χ4n) is 2.34. The Morgan fingerprint density at radius 2 is 1.70 bits per heavy atom. The summed E-state index contributed by atoms with van der Waals surface area (Å²) >= 11 is 0. The first-order valence-electron chi connectivity index (χ1n) is 8.72. The smallest absolute Gasteiger partial charge is 0.414 e. The van der Waals surface area contributed by atoms with Crippen molar-refractivity contribution in [2.45, 2.75) is 6.42 Å². The van der Waals surface area contributed by atoms with Crippen LogP contribution in [0, 0.1) is 5.82 Å². The second kappa shape index (κ2) is 10.1. The highest BCUT2D eigenvalue weighted by Crippen LogP contribution is 2.22. The lowest BCUT2D eigenvalue weighted by Gasteiger charge is -2.08. The number of nitrogens with one attached hydrogen (secondary N) is 1. The molecule has 158 valence electrons. The number of hydrogen-bond donors (Lipinski definition) is 3.